The van der Waals surface area contributed by atoms with Crippen molar-refractivity contribution in [2.75, 3.05) is 0 Å². The Morgan fingerprint density at radius 2 is 1.91 bits per heavy atom. The van der Waals surface area contributed by atoms with Gasteiger partial charge in [-0.2, -0.15) is 0 Å². The van der Waals surface area contributed by atoms with Crippen molar-refractivity contribution in [1.82, 2.24) is 0 Å². The summed E-state index contributed by atoms with van der Waals surface area (Å²) in [5, 5.41) is 0. The van der Waals surface area contributed by atoms with E-state index >= 15 is 0 Å². The van der Waals surface area contributed by atoms with Gasteiger partial charge in [-0.05, 0) is 5.56 Å². The summed E-state index contributed by atoms with van der Waals surface area (Å²) in [5.41, 5.74) is 2.86. The second-order valence-electron chi connectivity index (χ2n) is 2.52. The number of allylic oxidation sites excluding steroid dienone is 1. The van der Waals surface area contributed by atoms with E-state index in [1.54, 1.807) is 5.54 Å². The lowest BCUT2D eigenvalue weighted by atomic mass is 10.0. The van der Waals surface area contributed by atoms with Crippen molar-refractivity contribution in [2.45, 2.75) is 12.8 Å². The maximum Gasteiger partial charge on any atom is 0.000851 e. The van der Waals surface area contributed by atoms with Crippen LogP contribution < -0.4 is 0 Å². The van der Waals surface area contributed by atoms with E-state index in [0.29, 0.717) is 5.92 Å². The molecule has 0 aliphatic carbocycles. The van der Waals surface area contributed by atoms with Gasteiger partial charge in [0.15, 0.2) is 0 Å². The van der Waals surface area contributed by atoms with Gasteiger partial charge in [-0.15, -0.1) is 0 Å². The Labute approximate surface area is 72.5 Å². The molecule has 1 aromatic carbocycles. The van der Waals surface area contributed by atoms with E-state index in [1.165, 1.54) is 5.56 Å². The lowest BCUT2D eigenvalue weighted by molar-refractivity contribution is 0.970. The second-order valence-corrected chi connectivity index (χ2v) is 2.77. The summed E-state index contributed by atoms with van der Waals surface area (Å²) in [6.45, 7) is 2.12. The molecule has 0 heterocycles. The molecule has 0 N–H and O–H groups in total. The first-order valence-corrected chi connectivity index (χ1v) is 4.10. The predicted octanol–water partition coefficient (Wildman–Crippen LogP) is 3.54. The molecule has 0 bridgehead atoms. The molecule has 0 fully saturated rings. The van der Waals surface area contributed by atoms with Crippen LogP contribution in [0.2, 0.25) is 0 Å². The van der Waals surface area contributed by atoms with Gasteiger partial charge in [-0.25, -0.2) is 0 Å². The number of benzene rings is 1. The highest BCUT2D eigenvalue weighted by Gasteiger charge is 1.97. The van der Waals surface area contributed by atoms with Crippen LogP contribution in [0.25, 0.3) is 0 Å². The fourth-order valence-electron chi connectivity index (χ4n) is 0.977. The molecule has 1 atom stereocenters. The van der Waals surface area contributed by atoms with Crippen LogP contribution in [-0.2, 0) is 0 Å². The molecule has 0 aliphatic heterocycles. The molecular formula is C10H11Cl. The van der Waals surface area contributed by atoms with Gasteiger partial charge < -0.3 is 0 Å². The largest absolute Gasteiger partial charge is 0.0933 e. The maximum atomic E-state index is 5.47. The van der Waals surface area contributed by atoms with E-state index in [2.05, 4.69) is 19.1 Å². The van der Waals surface area contributed by atoms with Crippen LogP contribution in [0, 0.1) is 0 Å². The van der Waals surface area contributed by atoms with Crippen LogP contribution in [0.5, 0.6) is 0 Å². The minimum Gasteiger partial charge on any atom is -0.0933 e. The summed E-state index contributed by atoms with van der Waals surface area (Å²) in [6.07, 6.45) is 1.97. The van der Waals surface area contributed by atoms with Gasteiger partial charge in [0, 0.05) is 11.5 Å². The molecule has 0 saturated heterocycles. The van der Waals surface area contributed by atoms with Gasteiger partial charge in [-0.1, -0.05) is 54.9 Å². The Kier molecular flexibility index (Phi) is 3.18. The van der Waals surface area contributed by atoms with E-state index in [-0.39, 0.29) is 0 Å². The van der Waals surface area contributed by atoms with Crippen molar-refractivity contribution in [3.05, 3.63) is 47.5 Å². The van der Waals surface area contributed by atoms with Gasteiger partial charge in [0.25, 0.3) is 0 Å². The molecule has 1 heteroatoms. The average Bonchev–Trinajstić information content (AvgIpc) is 2.07. The number of rotatable bonds is 2. The fraction of sp³-hybridized carbons (Fsp3) is 0.200. The molecular weight excluding hydrogens is 156 g/mol. The van der Waals surface area contributed by atoms with Gasteiger partial charge in [-0.3, -0.25) is 0 Å². The number of hydrogen-bond donors (Lipinski definition) is 0. The Bertz CT molecular complexity index is 226. The molecule has 0 aliphatic rings. The first kappa shape index (κ1) is 8.35. The average molecular weight is 167 g/mol. The molecule has 0 aromatic heterocycles. The van der Waals surface area contributed by atoms with E-state index in [4.69, 9.17) is 11.6 Å². The van der Waals surface area contributed by atoms with Crippen LogP contribution in [0.15, 0.2) is 41.9 Å². The first-order valence-electron chi connectivity index (χ1n) is 3.66. The van der Waals surface area contributed by atoms with Crippen LogP contribution >= 0.6 is 11.6 Å². The highest BCUT2D eigenvalue weighted by Crippen LogP contribution is 2.15. The topological polar surface area (TPSA) is 0 Å². The van der Waals surface area contributed by atoms with Gasteiger partial charge in [0.05, 0.1) is 0 Å². The molecule has 58 valence electrons. The molecule has 1 unspecified atom stereocenters. The molecule has 0 saturated carbocycles. The highest BCUT2D eigenvalue weighted by molar-refractivity contribution is 6.25. The van der Waals surface area contributed by atoms with E-state index in [9.17, 15) is 0 Å². The first-order chi connectivity index (χ1) is 5.34. The van der Waals surface area contributed by atoms with Crippen LogP contribution in [-0.4, -0.2) is 0 Å². The summed E-state index contributed by atoms with van der Waals surface area (Å²) in [5.74, 6) is 0.411. The maximum absolute atomic E-state index is 5.47. The summed E-state index contributed by atoms with van der Waals surface area (Å²) < 4.78 is 0. The van der Waals surface area contributed by atoms with Crippen LogP contribution in [0.3, 0.4) is 0 Å². The molecule has 11 heavy (non-hydrogen) atoms. The monoisotopic (exact) mass is 166 g/mol. The van der Waals surface area contributed by atoms with E-state index in [0.717, 1.165) is 0 Å². The van der Waals surface area contributed by atoms with Gasteiger partial charge in [0.2, 0.25) is 0 Å². The quantitative estimate of drug-likeness (QED) is 0.631. The summed E-state index contributed by atoms with van der Waals surface area (Å²) in [4.78, 5) is 0. The molecule has 0 amide bonds. The third-order valence-electron chi connectivity index (χ3n) is 1.69. The van der Waals surface area contributed by atoms with Crippen molar-refractivity contribution in [1.29, 1.82) is 0 Å². The molecule has 1 rings (SSSR count). The van der Waals surface area contributed by atoms with E-state index in [1.807, 2.05) is 24.3 Å². The second kappa shape index (κ2) is 4.20. The van der Waals surface area contributed by atoms with Crippen molar-refractivity contribution < 1.29 is 0 Å². The minimum atomic E-state index is 0.411. The molecule has 0 spiro atoms. The number of halogens is 1. The smallest absolute Gasteiger partial charge is 0.000851 e. The summed E-state index contributed by atoms with van der Waals surface area (Å²) >= 11 is 5.47. The Morgan fingerprint density at radius 3 is 2.45 bits per heavy atom. The summed E-state index contributed by atoms with van der Waals surface area (Å²) in [6, 6.07) is 10.3. The zero-order valence-corrected chi connectivity index (χ0v) is 7.25. The molecule has 0 radical (unpaired) electrons. The van der Waals surface area contributed by atoms with E-state index < -0.39 is 0 Å². The molecule has 1 aromatic rings. The highest BCUT2D eigenvalue weighted by atomic mass is 35.5. The van der Waals surface area contributed by atoms with Crippen molar-refractivity contribution in [3.63, 3.8) is 0 Å². The van der Waals surface area contributed by atoms with Gasteiger partial charge in [0.1, 0.15) is 0 Å². The van der Waals surface area contributed by atoms with Crippen molar-refractivity contribution in [2.24, 2.45) is 0 Å². The van der Waals surface area contributed by atoms with Gasteiger partial charge >= 0.3 is 0 Å². The van der Waals surface area contributed by atoms with Crippen molar-refractivity contribution in [3.8, 4) is 0 Å². The predicted molar refractivity (Wildman–Crippen MR) is 49.9 cm³/mol. The standard InChI is InChI=1S/C10H11Cl/c1-9(7-8-11)10-5-3-2-4-6-10/h2-9H,1H3/b8-7-. The zero-order valence-electron chi connectivity index (χ0n) is 6.50. The normalized spacial score (nSPS) is 13.6. The third-order valence-corrected chi connectivity index (χ3v) is 1.83. The van der Waals surface area contributed by atoms with Crippen LogP contribution in [0.4, 0.5) is 0 Å². The zero-order chi connectivity index (χ0) is 8.10. The Balaban J connectivity index is 2.76. The molecule has 0 nitrogen and oxygen atoms in total. The minimum absolute atomic E-state index is 0.411. The fourth-order valence-corrected chi connectivity index (χ4v) is 1.20. The van der Waals surface area contributed by atoms with Crippen molar-refractivity contribution >= 4 is 11.6 Å². The SMILES string of the molecule is CC(/C=C\Cl)c1ccccc1. The lowest BCUT2D eigenvalue weighted by Gasteiger charge is -2.03. The lowest BCUT2D eigenvalue weighted by Crippen LogP contribution is -1.86. The van der Waals surface area contributed by atoms with Crippen LogP contribution in [0.1, 0.15) is 18.4 Å². The Morgan fingerprint density at radius 1 is 1.27 bits per heavy atom. The summed E-state index contributed by atoms with van der Waals surface area (Å²) in [7, 11) is 0. The third kappa shape index (κ3) is 2.39. The Hall–Kier alpha value is -0.750. The number of hydrogen-bond acceptors (Lipinski definition) is 0.